The molecule has 3 nitrogen and oxygen atoms in total. The van der Waals surface area contributed by atoms with Gasteiger partial charge in [0, 0.05) is 0 Å². The predicted octanol–water partition coefficient (Wildman–Crippen LogP) is 0.620. The summed E-state index contributed by atoms with van der Waals surface area (Å²) in [6.07, 6.45) is 2.94. The first kappa shape index (κ1) is 11.6. The van der Waals surface area contributed by atoms with Crippen molar-refractivity contribution < 1.29 is 10.0 Å². The third-order valence-electron chi connectivity index (χ3n) is 1.40. The Morgan fingerprint density at radius 1 is 1.42 bits per heavy atom. The van der Waals surface area contributed by atoms with Crippen molar-refractivity contribution in [3.8, 4) is 0 Å². The van der Waals surface area contributed by atoms with Gasteiger partial charge in [0.2, 0.25) is 0 Å². The van der Waals surface area contributed by atoms with E-state index in [2.05, 4.69) is 0 Å². The standard InChI is InChI=1S/C7H13BClNO2/c1-5(2)6(8(11)12)3-4-7(9)10/h3-5,11-12H,10H2,1-2H3/b6-3+,7-4-. The first-order chi connectivity index (χ1) is 5.45. The number of hydrogen-bond acceptors (Lipinski definition) is 3. The van der Waals surface area contributed by atoms with Gasteiger partial charge in [-0.05, 0) is 17.5 Å². The normalized spacial score (nSPS) is 13.8. The van der Waals surface area contributed by atoms with Crippen LogP contribution in [-0.2, 0) is 0 Å². The van der Waals surface area contributed by atoms with Crippen LogP contribution < -0.4 is 5.73 Å². The fraction of sp³-hybridized carbons (Fsp3) is 0.429. The van der Waals surface area contributed by atoms with Crippen molar-refractivity contribution in [2.24, 2.45) is 11.7 Å². The summed E-state index contributed by atoms with van der Waals surface area (Å²) in [5, 5.41) is 17.9. The Kier molecular flexibility index (Phi) is 5.05. The van der Waals surface area contributed by atoms with Crippen molar-refractivity contribution in [1.82, 2.24) is 0 Å². The van der Waals surface area contributed by atoms with Gasteiger partial charge in [0.25, 0.3) is 0 Å². The maximum atomic E-state index is 8.87. The monoisotopic (exact) mass is 189 g/mol. The van der Waals surface area contributed by atoms with Gasteiger partial charge in [0.15, 0.2) is 0 Å². The molecule has 0 bridgehead atoms. The number of hydrogen-bond donors (Lipinski definition) is 3. The van der Waals surface area contributed by atoms with Crippen molar-refractivity contribution >= 4 is 18.7 Å². The van der Waals surface area contributed by atoms with E-state index in [0.29, 0.717) is 5.47 Å². The molecule has 0 heterocycles. The van der Waals surface area contributed by atoms with Gasteiger partial charge in [-0.1, -0.05) is 31.5 Å². The highest BCUT2D eigenvalue weighted by Crippen LogP contribution is 2.11. The molecule has 0 aromatic heterocycles. The SMILES string of the molecule is CC(C)/C(=C\C=C(/N)Cl)B(O)O. The van der Waals surface area contributed by atoms with E-state index in [0.717, 1.165) is 0 Å². The second kappa shape index (κ2) is 5.24. The first-order valence-corrected chi connectivity index (χ1v) is 4.01. The lowest BCUT2D eigenvalue weighted by molar-refractivity contribution is 0.412. The molecule has 0 fully saturated rings. The van der Waals surface area contributed by atoms with Crippen molar-refractivity contribution in [2.75, 3.05) is 0 Å². The summed E-state index contributed by atoms with van der Waals surface area (Å²) in [5.74, 6) is 0.0530. The summed E-state index contributed by atoms with van der Waals surface area (Å²) in [7, 11) is -1.45. The van der Waals surface area contributed by atoms with Gasteiger partial charge in [-0.3, -0.25) is 0 Å². The van der Waals surface area contributed by atoms with E-state index in [4.69, 9.17) is 27.4 Å². The molecule has 0 amide bonds. The third kappa shape index (κ3) is 4.44. The molecule has 0 unspecified atom stereocenters. The second-order valence-corrected chi connectivity index (χ2v) is 3.18. The molecule has 0 saturated carbocycles. The van der Waals surface area contributed by atoms with Crippen LogP contribution in [0.3, 0.4) is 0 Å². The maximum absolute atomic E-state index is 8.87. The minimum atomic E-state index is -1.45. The maximum Gasteiger partial charge on any atom is 0.484 e. The van der Waals surface area contributed by atoms with E-state index in [1.165, 1.54) is 12.2 Å². The molecule has 68 valence electrons. The van der Waals surface area contributed by atoms with Gasteiger partial charge < -0.3 is 15.8 Å². The minimum absolute atomic E-state index is 0.0530. The Bertz CT molecular complexity index is 188. The summed E-state index contributed by atoms with van der Waals surface area (Å²) in [5.41, 5.74) is 5.64. The minimum Gasteiger partial charge on any atom is -0.423 e. The van der Waals surface area contributed by atoms with E-state index in [1.54, 1.807) is 0 Å². The lowest BCUT2D eigenvalue weighted by Gasteiger charge is -2.08. The molecular weight excluding hydrogens is 176 g/mol. The fourth-order valence-corrected chi connectivity index (χ4v) is 0.815. The van der Waals surface area contributed by atoms with E-state index >= 15 is 0 Å². The summed E-state index contributed by atoms with van der Waals surface area (Å²) in [6.45, 7) is 3.70. The molecule has 0 saturated heterocycles. The second-order valence-electron chi connectivity index (χ2n) is 2.75. The van der Waals surface area contributed by atoms with Crippen LogP contribution in [0.15, 0.2) is 22.8 Å². The molecule has 0 radical (unpaired) electrons. The number of rotatable bonds is 3. The van der Waals surface area contributed by atoms with Crippen LogP contribution in [0, 0.1) is 5.92 Å². The summed E-state index contributed by atoms with van der Waals surface area (Å²) in [6, 6.07) is 0. The summed E-state index contributed by atoms with van der Waals surface area (Å²) < 4.78 is 0. The Morgan fingerprint density at radius 3 is 2.17 bits per heavy atom. The van der Waals surface area contributed by atoms with Crippen LogP contribution >= 0.6 is 11.6 Å². The van der Waals surface area contributed by atoms with Gasteiger partial charge in [-0.2, -0.15) is 0 Å². The van der Waals surface area contributed by atoms with E-state index < -0.39 is 7.12 Å². The molecule has 0 aromatic carbocycles. The molecule has 0 aliphatic carbocycles. The van der Waals surface area contributed by atoms with Crippen LogP contribution in [0.1, 0.15) is 13.8 Å². The lowest BCUT2D eigenvalue weighted by Crippen LogP contribution is -2.19. The Morgan fingerprint density at radius 2 is 1.92 bits per heavy atom. The largest absolute Gasteiger partial charge is 0.484 e. The highest BCUT2D eigenvalue weighted by molar-refractivity contribution is 6.50. The van der Waals surface area contributed by atoms with Crippen LogP contribution in [0.2, 0.25) is 0 Å². The Labute approximate surface area is 77.7 Å². The molecule has 0 aliphatic rings. The van der Waals surface area contributed by atoms with Crippen LogP contribution in [0.4, 0.5) is 0 Å². The lowest BCUT2D eigenvalue weighted by atomic mass is 9.73. The third-order valence-corrected chi connectivity index (χ3v) is 1.53. The molecule has 4 N–H and O–H groups in total. The van der Waals surface area contributed by atoms with Gasteiger partial charge in [-0.25, -0.2) is 0 Å². The summed E-state index contributed by atoms with van der Waals surface area (Å²) >= 11 is 5.36. The first-order valence-electron chi connectivity index (χ1n) is 3.64. The van der Waals surface area contributed by atoms with Crippen molar-refractivity contribution in [1.29, 1.82) is 0 Å². The fourth-order valence-electron chi connectivity index (χ4n) is 0.752. The topological polar surface area (TPSA) is 66.5 Å². The zero-order chi connectivity index (χ0) is 9.72. The smallest absolute Gasteiger partial charge is 0.423 e. The Hall–Kier alpha value is -0.445. The number of allylic oxidation sites excluding steroid dienone is 3. The van der Waals surface area contributed by atoms with Gasteiger partial charge >= 0.3 is 7.12 Å². The molecule has 0 aromatic rings. The van der Waals surface area contributed by atoms with E-state index in [9.17, 15) is 0 Å². The molecule has 5 heteroatoms. The average Bonchev–Trinajstić information content (AvgIpc) is 1.84. The number of nitrogens with two attached hydrogens (primary N) is 1. The van der Waals surface area contributed by atoms with Crippen molar-refractivity contribution in [3.63, 3.8) is 0 Å². The molecule has 12 heavy (non-hydrogen) atoms. The molecular formula is C7H13BClNO2. The quantitative estimate of drug-likeness (QED) is 0.346. The van der Waals surface area contributed by atoms with Crippen LogP contribution in [-0.4, -0.2) is 17.2 Å². The van der Waals surface area contributed by atoms with E-state index in [-0.39, 0.29) is 11.1 Å². The summed E-state index contributed by atoms with van der Waals surface area (Å²) in [4.78, 5) is 0. The highest BCUT2D eigenvalue weighted by atomic mass is 35.5. The zero-order valence-corrected chi connectivity index (χ0v) is 7.92. The van der Waals surface area contributed by atoms with Gasteiger partial charge in [0.1, 0.15) is 0 Å². The molecule has 0 atom stereocenters. The predicted molar refractivity (Wildman–Crippen MR) is 51.2 cm³/mol. The number of halogens is 1. The highest BCUT2D eigenvalue weighted by Gasteiger charge is 2.16. The van der Waals surface area contributed by atoms with Gasteiger partial charge in [-0.15, -0.1) is 0 Å². The molecule has 0 spiro atoms. The van der Waals surface area contributed by atoms with Crippen molar-refractivity contribution in [2.45, 2.75) is 13.8 Å². The zero-order valence-electron chi connectivity index (χ0n) is 7.16. The van der Waals surface area contributed by atoms with Gasteiger partial charge in [0.05, 0.1) is 5.16 Å². The van der Waals surface area contributed by atoms with Crippen LogP contribution in [0.25, 0.3) is 0 Å². The Balaban J connectivity index is 4.51. The average molecular weight is 189 g/mol. The molecule has 0 aliphatic heterocycles. The van der Waals surface area contributed by atoms with E-state index in [1.807, 2.05) is 13.8 Å². The van der Waals surface area contributed by atoms with Crippen molar-refractivity contribution in [3.05, 3.63) is 22.8 Å². The molecule has 0 rings (SSSR count). The van der Waals surface area contributed by atoms with Crippen LogP contribution in [0.5, 0.6) is 0 Å².